The third-order valence-electron chi connectivity index (χ3n) is 5.56. The standard InChI is InChI=1S/C29H24N2/c1-2-21(11-9-19-30)10-3-8-16-29(31)22-17-18-27-25-14-5-4-12-23(25)24-13-6-7-15-26(24)28(27)20-22/h2-8,11-18,20H,1,9-10,31H2/b8-3-,21-11+,29-16-. The van der Waals surface area contributed by atoms with Crippen LogP contribution in [0.1, 0.15) is 18.4 Å². The predicted molar refractivity (Wildman–Crippen MR) is 133 cm³/mol. The van der Waals surface area contributed by atoms with Gasteiger partial charge in [-0.05, 0) is 62.0 Å². The summed E-state index contributed by atoms with van der Waals surface area (Å²) < 4.78 is 0. The van der Waals surface area contributed by atoms with Crippen molar-refractivity contribution in [2.45, 2.75) is 12.8 Å². The molecule has 4 aromatic carbocycles. The molecule has 2 heteroatoms. The Kier molecular flexibility index (Phi) is 5.96. The summed E-state index contributed by atoms with van der Waals surface area (Å²) in [7, 11) is 0. The van der Waals surface area contributed by atoms with Crippen molar-refractivity contribution in [1.82, 2.24) is 0 Å². The first-order valence-electron chi connectivity index (χ1n) is 10.4. The van der Waals surface area contributed by atoms with E-state index in [1.165, 1.54) is 32.3 Å². The number of hydrogen-bond donors (Lipinski definition) is 1. The van der Waals surface area contributed by atoms with Crippen LogP contribution >= 0.6 is 0 Å². The molecule has 4 aromatic rings. The quantitative estimate of drug-likeness (QED) is 0.270. The van der Waals surface area contributed by atoms with Gasteiger partial charge in [0.1, 0.15) is 0 Å². The van der Waals surface area contributed by atoms with Gasteiger partial charge in [-0.3, -0.25) is 0 Å². The Morgan fingerprint density at radius 3 is 2.03 bits per heavy atom. The number of nitrogens with two attached hydrogens (primary N) is 1. The lowest BCUT2D eigenvalue weighted by Gasteiger charge is -2.12. The Balaban J connectivity index is 1.72. The highest BCUT2D eigenvalue weighted by molar-refractivity contribution is 6.25. The number of allylic oxidation sites excluding steroid dienone is 6. The predicted octanol–water partition coefficient (Wildman–Crippen LogP) is 7.42. The molecule has 0 saturated heterocycles. The highest BCUT2D eigenvalue weighted by atomic mass is 14.6. The van der Waals surface area contributed by atoms with E-state index in [0.717, 1.165) is 23.3 Å². The fourth-order valence-electron chi connectivity index (χ4n) is 3.99. The molecule has 0 aliphatic rings. The zero-order valence-electron chi connectivity index (χ0n) is 17.4. The summed E-state index contributed by atoms with van der Waals surface area (Å²) in [4.78, 5) is 0. The van der Waals surface area contributed by atoms with Gasteiger partial charge in [0.2, 0.25) is 0 Å². The van der Waals surface area contributed by atoms with Crippen molar-refractivity contribution in [3.63, 3.8) is 0 Å². The second-order valence-electron chi connectivity index (χ2n) is 7.45. The van der Waals surface area contributed by atoms with Crippen LogP contribution in [0, 0.1) is 11.3 Å². The van der Waals surface area contributed by atoms with Crippen molar-refractivity contribution in [3.8, 4) is 6.07 Å². The van der Waals surface area contributed by atoms with Gasteiger partial charge in [0.15, 0.2) is 0 Å². The average molecular weight is 401 g/mol. The van der Waals surface area contributed by atoms with E-state index in [9.17, 15) is 0 Å². The molecule has 0 aliphatic heterocycles. The molecule has 2 N–H and O–H groups in total. The van der Waals surface area contributed by atoms with Gasteiger partial charge in [-0.15, -0.1) is 0 Å². The zero-order valence-corrected chi connectivity index (χ0v) is 17.4. The van der Waals surface area contributed by atoms with Crippen molar-refractivity contribution >= 4 is 38.0 Å². The molecule has 0 heterocycles. The van der Waals surface area contributed by atoms with E-state index in [0.29, 0.717) is 6.42 Å². The maximum atomic E-state index is 8.71. The van der Waals surface area contributed by atoms with Crippen LogP contribution in [-0.4, -0.2) is 0 Å². The number of nitriles is 1. The monoisotopic (exact) mass is 400 g/mol. The second-order valence-corrected chi connectivity index (χ2v) is 7.45. The minimum absolute atomic E-state index is 0.396. The van der Waals surface area contributed by atoms with Crippen molar-refractivity contribution in [1.29, 1.82) is 5.26 Å². The third kappa shape index (κ3) is 4.13. The van der Waals surface area contributed by atoms with Crippen molar-refractivity contribution in [3.05, 3.63) is 115 Å². The Morgan fingerprint density at radius 1 is 0.871 bits per heavy atom. The van der Waals surface area contributed by atoms with Gasteiger partial charge in [-0.1, -0.05) is 91.5 Å². The van der Waals surface area contributed by atoms with Crippen molar-refractivity contribution in [2.75, 3.05) is 0 Å². The summed E-state index contributed by atoms with van der Waals surface area (Å²) >= 11 is 0. The SMILES string of the molecule is C=C/C(=C\CC#N)C/C=C\C=C(/N)c1ccc2c3ccccc3c3ccccc3c2c1. The number of hydrogen-bond acceptors (Lipinski definition) is 2. The van der Waals surface area contributed by atoms with Gasteiger partial charge < -0.3 is 5.73 Å². The van der Waals surface area contributed by atoms with Gasteiger partial charge in [-0.2, -0.15) is 5.26 Å². The zero-order chi connectivity index (χ0) is 21.6. The van der Waals surface area contributed by atoms with E-state index >= 15 is 0 Å². The lowest BCUT2D eigenvalue weighted by atomic mass is 9.93. The molecule has 2 nitrogen and oxygen atoms in total. The smallest absolute Gasteiger partial charge is 0.0663 e. The van der Waals surface area contributed by atoms with Crippen LogP contribution in [0.15, 0.2) is 109 Å². The second kappa shape index (κ2) is 9.15. The Labute approximate surface area is 182 Å². The molecule has 0 amide bonds. The summed E-state index contributed by atoms with van der Waals surface area (Å²) in [5.74, 6) is 0. The van der Waals surface area contributed by atoms with Crippen LogP contribution in [0.3, 0.4) is 0 Å². The highest BCUT2D eigenvalue weighted by Gasteiger charge is 2.09. The maximum Gasteiger partial charge on any atom is 0.0663 e. The van der Waals surface area contributed by atoms with Crippen LogP contribution in [0.25, 0.3) is 38.0 Å². The van der Waals surface area contributed by atoms with Crippen molar-refractivity contribution in [2.24, 2.45) is 5.73 Å². The fourth-order valence-corrected chi connectivity index (χ4v) is 3.99. The molecule has 0 fully saturated rings. The van der Waals surface area contributed by atoms with Crippen LogP contribution in [0.5, 0.6) is 0 Å². The largest absolute Gasteiger partial charge is 0.398 e. The van der Waals surface area contributed by atoms with Crippen LogP contribution in [0.2, 0.25) is 0 Å². The first kappa shape index (κ1) is 20.2. The average Bonchev–Trinajstić information content (AvgIpc) is 2.83. The van der Waals surface area contributed by atoms with Gasteiger partial charge >= 0.3 is 0 Å². The Bertz CT molecular complexity index is 1380. The molecule has 0 aromatic heterocycles. The lowest BCUT2D eigenvalue weighted by molar-refractivity contribution is 1.23. The minimum Gasteiger partial charge on any atom is -0.398 e. The molecular formula is C29H24N2. The number of rotatable bonds is 6. The van der Waals surface area contributed by atoms with E-state index in [4.69, 9.17) is 11.0 Å². The Hall–Kier alpha value is -4.09. The summed E-state index contributed by atoms with van der Waals surface area (Å²) in [6, 6.07) is 25.7. The fraction of sp³-hybridized carbons (Fsp3) is 0.0690. The van der Waals surface area contributed by atoms with E-state index in [2.05, 4.69) is 79.4 Å². The molecule has 0 spiro atoms. The summed E-state index contributed by atoms with van der Waals surface area (Å²) in [5, 5.41) is 16.2. The number of fused-ring (bicyclic) bond motifs is 6. The molecule has 0 radical (unpaired) electrons. The Morgan fingerprint density at radius 2 is 1.45 bits per heavy atom. The molecule has 0 atom stereocenters. The molecular weight excluding hydrogens is 376 g/mol. The minimum atomic E-state index is 0.396. The van der Waals surface area contributed by atoms with E-state index in [-0.39, 0.29) is 0 Å². The normalized spacial score (nSPS) is 12.6. The topological polar surface area (TPSA) is 49.8 Å². The van der Waals surface area contributed by atoms with E-state index < -0.39 is 0 Å². The molecule has 0 unspecified atom stereocenters. The van der Waals surface area contributed by atoms with Crippen LogP contribution in [0.4, 0.5) is 0 Å². The van der Waals surface area contributed by atoms with Gasteiger partial charge in [-0.25, -0.2) is 0 Å². The highest BCUT2D eigenvalue weighted by Crippen LogP contribution is 2.35. The molecule has 4 rings (SSSR count). The van der Waals surface area contributed by atoms with E-state index in [1.807, 2.05) is 24.3 Å². The van der Waals surface area contributed by atoms with Crippen molar-refractivity contribution < 1.29 is 0 Å². The molecule has 31 heavy (non-hydrogen) atoms. The third-order valence-corrected chi connectivity index (χ3v) is 5.56. The number of benzene rings is 4. The van der Waals surface area contributed by atoms with E-state index in [1.54, 1.807) is 6.08 Å². The molecule has 0 saturated carbocycles. The lowest BCUT2D eigenvalue weighted by Crippen LogP contribution is -1.96. The maximum absolute atomic E-state index is 8.71. The van der Waals surface area contributed by atoms with Gasteiger partial charge in [0, 0.05) is 5.70 Å². The van der Waals surface area contributed by atoms with Crippen LogP contribution < -0.4 is 5.73 Å². The van der Waals surface area contributed by atoms with Gasteiger partial charge in [0.25, 0.3) is 0 Å². The molecule has 150 valence electrons. The molecule has 0 bridgehead atoms. The first-order chi connectivity index (χ1) is 15.2. The number of nitrogens with zero attached hydrogens (tertiary/aromatic N) is 1. The van der Waals surface area contributed by atoms with Crippen LogP contribution in [-0.2, 0) is 0 Å². The summed E-state index contributed by atoms with van der Waals surface area (Å²) in [5.41, 5.74) is 9.16. The first-order valence-corrected chi connectivity index (χ1v) is 10.4. The molecule has 0 aliphatic carbocycles. The summed E-state index contributed by atoms with van der Waals surface area (Å²) in [6.07, 6.45) is 10.7. The van der Waals surface area contributed by atoms with Gasteiger partial charge in [0.05, 0.1) is 12.5 Å². The summed E-state index contributed by atoms with van der Waals surface area (Å²) in [6.45, 7) is 3.80.